The van der Waals surface area contributed by atoms with Gasteiger partial charge in [-0.3, -0.25) is 9.59 Å². The summed E-state index contributed by atoms with van der Waals surface area (Å²) in [7, 11) is 0. The molecule has 7 nitrogen and oxygen atoms in total. The summed E-state index contributed by atoms with van der Waals surface area (Å²) in [5.74, 6) is 0.364. The van der Waals surface area contributed by atoms with Crippen LogP contribution in [0.25, 0.3) is 0 Å². The molecule has 2 heterocycles. The van der Waals surface area contributed by atoms with E-state index in [4.69, 9.17) is 0 Å². The third-order valence-corrected chi connectivity index (χ3v) is 5.00. The highest BCUT2D eigenvalue weighted by molar-refractivity contribution is 6.04. The second-order valence-electron chi connectivity index (χ2n) is 7.42. The van der Waals surface area contributed by atoms with Crippen LogP contribution in [0.15, 0.2) is 18.2 Å². The van der Waals surface area contributed by atoms with Crippen molar-refractivity contribution in [2.45, 2.75) is 34.6 Å². The second kappa shape index (κ2) is 7.96. The number of aromatic nitrogens is 2. The zero-order valence-corrected chi connectivity index (χ0v) is 17.2. The Morgan fingerprint density at radius 1 is 0.929 bits per heavy atom. The average molecular weight is 381 g/mol. The van der Waals surface area contributed by atoms with E-state index in [0.717, 1.165) is 28.1 Å². The largest absolute Gasteiger partial charge is 0.339 e. The Hall–Kier alpha value is -2.96. The maximum Gasteiger partial charge on any atom is 0.274 e. The van der Waals surface area contributed by atoms with Crippen LogP contribution in [0, 0.1) is 27.7 Å². The van der Waals surface area contributed by atoms with E-state index in [9.17, 15) is 9.59 Å². The van der Waals surface area contributed by atoms with Crippen molar-refractivity contribution in [1.82, 2.24) is 14.9 Å². The fourth-order valence-electron chi connectivity index (χ4n) is 3.59. The molecule has 2 amide bonds. The van der Waals surface area contributed by atoms with E-state index in [-0.39, 0.29) is 11.8 Å². The van der Waals surface area contributed by atoms with E-state index in [1.165, 1.54) is 0 Å². The molecule has 7 heteroatoms. The zero-order valence-electron chi connectivity index (χ0n) is 17.2. The molecule has 0 saturated carbocycles. The first kappa shape index (κ1) is 19.8. The number of nitrogens with zero attached hydrogens (tertiary/aromatic N) is 4. The first-order valence-electron chi connectivity index (χ1n) is 9.50. The molecule has 1 saturated heterocycles. The molecule has 0 atom stereocenters. The van der Waals surface area contributed by atoms with Crippen LogP contribution in [0.1, 0.15) is 39.8 Å². The summed E-state index contributed by atoms with van der Waals surface area (Å²) in [6.07, 6.45) is 0. The summed E-state index contributed by atoms with van der Waals surface area (Å²) in [4.78, 5) is 37.2. The van der Waals surface area contributed by atoms with Gasteiger partial charge in [0.25, 0.3) is 5.91 Å². The predicted molar refractivity (Wildman–Crippen MR) is 110 cm³/mol. The van der Waals surface area contributed by atoms with Crippen molar-refractivity contribution in [2.75, 3.05) is 36.4 Å². The smallest absolute Gasteiger partial charge is 0.274 e. The Labute approximate surface area is 165 Å². The number of rotatable bonds is 3. The van der Waals surface area contributed by atoms with Gasteiger partial charge < -0.3 is 15.1 Å². The first-order valence-corrected chi connectivity index (χ1v) is 9.50. The number of carbonyl (C=O) groups excluding carboxylic acids is 2. The Kier molecular flexibility index (Phi) is 5.63. The summed E-state index contributed by atoms with van der Waals surface area (Å²) in [5, 5.41) is 3.00. The lowest BCUT2D eigenvalue weighted by Gasteiger charge is -2.34. The summed E-state index contributed by atoms with van der Waals surface area (Å²) in [6, 6.07) is 5.80. The van der Waals surface area contributed by atoms with Gasteiger partial charge in [-0.15, -0.1) is 0 Å². The minimum atomic E-state index is -0.246. The van der Waals surface area contributed by atoms with Crippen molar-refractivity contribution >= 4 is 23.5 Å². The van der Waals surface area contributed by atoms with Gasteiger partial charge >= 0.3 is 0 Å². The molecule has 1 aromatic heterocycles. The van der Waals surface area contributed by atoms with Crippen LogP contribution < -0.4 is 10.2 Å². The molecule has 148 valence electrons. The van der Waals surface area contributed by atoms with Gasteiger partial charge in [0, 0.05) is 44.5 Å². The molecule has 2 aromatic rings. The van der Waals surface area contributed by atoms with Crippen LogP contribution >= 0.6 is 0 Å². The van der Waals surface area contributed by atoms with E-state index in [0.29, 0.717) is 37.8 Å². The fourth-order valence-corrected chi connectivity index (χ4v) is 3.59. The topological polar surface area (TPSA) is 78.4 Å². The van der Waals surface area contributed by atoms with Crippen molar-refractivity contribution in [3.63, 3.8) is 0 Å². The van der Waals surface area contributed by atoms with Gasteiger partial charge in [-0.2, -0.15) is 0 Å². The molecule has 0 bridgehead atoms. The number of anilines is 2. The Balaban J connectivity index is 1.80. The normalized spacial score (nSPS) is 14.2. The van der Waals surface area contributed by atoms with Gasteiger partial charge in [0.15, 0.2) is 0 Å². The van der Waals surface area contributed by atoms with Crippen LogP contribution in [0.4, 0.5) is 11.6 Å². The maximum absolute atomic E-state index is 12.9. The number of hydrogen-bond donors (Lipinski definition) is 1. The SMILES string of the molecule is CC(=O)N1CCN(c2nc(C)cc(C(=O)Nc3c(C)cc(C)cc3C)n2)CC1. The van der Waals surface area contributed by atoms with Crippen molar-refractivity contribution in [2.24, 2.45) is 0 Å². The Bertz CT molecular complexity index is 894. The lowest BCUT2D eigenvalue weighted by atomic mass is 10.0. The van der Waals surface area contributed by atoms with Crippen molar-refractivity contribution in [3.8, 4) is 0 Å². The summed E-state index contributed by atoms with van der Waals surface area (Å²) in [6.45, 7) is 12.0. The number of aryl methyl sites for hydroxylation is 4. The molecule has 0 unspecified atom stereocenters. The maximum atomic E-state index is 12.9. The summed E-state index contributed by atoms with van der Waals surface area (Å²) >= 11 is 0. The van der Waals surface area contributed by atoms with Crippen LogP contribution in [0.5, 0.6) is 0 Å². The molecule has 0 aliphatic carbocycles. The number of piperazine rings is 1. The standard InChI is InChI=1S/C21H27N5O2/c1-13-10-14(2)19(15(3)11-13)24-20(28)18-12-16(4)22-21(23-18)26-8-6-25(7-9-26)17(5)27/h10-12H,6-9H2,1-5H3,(H,24,28). The van der Waals surface area contributed by atoms with Crippen LogP contribution in [0.2, 0.25) is 0 Å². The minimum absolute atomic E-state index is 0.0775. The van der Waals surface area contributed by atoms with E-state index in [1.54, 1.807) is 13.0 Å². The Morgan fingerprint density at radius 2 is 1.54 bits per heavy atom. The van der Waals surface area contributed by atoms with Gasteiger partial charge in [0.2, 0.25) is 11.9 Å². The second-order valence-corrected chi connectivity index (χ2v) is 7.42. The van der Waals surface area contributed by atoms with Gasteiger partial charge in [-0.25, -0.2) is 9.97 Å². The number of benzene rings is 1. The number of hydrogen-bond acceptors (Lipinski definition) is 5. The quantitative estimate of drug-likeness (QED) is 0.884. The lowest BCUT2D eigenvalue weighted by molar-refractivity contribution is -0.129. The van der Waals surface area contributed by atoms with Gasteiger partial charge in [0.05, 0.1) is 0 Å². The fraction of sp³-hybridized carbons (Fsp3) is 0.429. The number of amides is 2. The molecule has 1 N–H and O–H groups in total. The van der Waals surface area contributed by atoms with Gasteiger partial charge in [0.1, 0.15) is 5.69 Å². The van der Waals surface area contributed by atoms with E-state index >= 15 is 0 Å². The Morgan fingerprint density at radius 3 is 2.11 bits per heavy atom. The molecular formula is C21H27N5O2. The predicted octanol–water partition coefficient (Wildman–Crippen LogP) is 2.63. The number of carbonyl (C=O) groups is 2. The molecule has 0 spiro atoms. The lowest BCUT2D eigenvalue weighted by Crippen LogP contribution is -2.48. The monoisotopic (exact) mass is 381 g/mol. The molecule has 1 aliphatic heterocycles. The highest BCUT2D eigenvalue weighted by atomic mass is 16.2. The molecule has 28 heavy (non-hydrogen) atoms. The highest BCUT2D eigenvalue weighted by Gasteiger charge is 2.22. The zero-order chi connectivity index (χ0) is 20.4. The minimum Gasteiger partial charge on any atom is -0.339 e. The van der Waals surface area contributed by atoms with Gasteiger partial charge in [-0.1, -0.05) is 17.7 Å². The van der Waals surface area contributed by atoms with Crippen LogP contribution in [0.3, 0.4) is 0 Å². The summed E-state index contributed by atoms with van der Waals surface area (Å²) in [5.41, 5.74) is 5.12. The van der Waals surface area contributed by atoms with Crippen LogP contribution in [-0.4, -0.2) is 52.9 Å². The molecule has 1 aliphatic rings. The average Bonchev–Trinajstić information content (AvgIpc) is 2.64. The third kappa shape index (κ3) is 4.30. The molecule has 1 fully saturated rings. The van der Waals surface area contributed by atoms with Crippen LogP contribution in [-0.2, 0) is 4.79 Å². The molecule has 1 aromatic carbocycles. The van der Waals surface area contributed by atoms with Crippen molar-refractivity contribution in [3.05, 3.63) is 46.3 Å². The molecule has 0 radical (unpaired) electrons. The highest BCUT2D eigenvalue weighted by Crippen LogP contribution is 2.23. The van der Waals surface area contributed by atoms with Crippen molar-refractivity contribution in [1.29, 1.82) is 0 Å². The van der Waals surface area contributed by atoms with E-state index < -0.39 is 0 Å². The first-order chi connectivity index (χ1) is 13.2. The molecular weight excluding hydrogens is 354 g/mol. The number of nitrogens with one attached hydrogen (secondary N) is 1. The van der Waals surface area contributed by atoms with E-state index in [1.807, 2.05) is 49.6 Å². The third-order valence-electron chi connectivity index (χ3n) is 5.00. The molecule has 3 rings (SSSR count). The summed E-state index contributed by atoms with van der Waals surface area (Å²) < 4.78 is 0. The van der Waals surface area contributed by atoms with E-state index in [2.05, 4.69) is 15.3 Å². The van der Waals surface area contributed by atoms with Gasteiger partial charge in [-0.05, 0) is 44.9 Å². The van der Waals surface area contributed by atoms with Crippen molar-refractivity contribution < 1.29 is 9.59 Å².